The number of carbonyl (C=O) groups is 2. The van der Waals surface area contributed by atoms with Crippen LogP contribution in [0.5, 0.6) is 0 Å². The van der Waals surface area contributed by atoms with Crippen molar-refractivity contribution in [1.82, 2.24) is 14.9 Å². The molecule has 0 aliphatic rings. The molecule has 0 bridgehead atoms. The normalized spacial score (nSPS) is 12.1. The van der Waals surface area contributed by atoms with Crippen molar-refractivity contribution in [2.75, 3.05) is 13.7 Å². The van der Waals surface area contributed by atoms with E-state index in [-0.39, 0.29) is 12.2 Å². The molecule has 1 unspecified atom stereocenters. The van der Waals surface area contributed by atoms with Gasteiger partial charge in [0.15, 0.2) is 11.8 Å². The van der Waals surface area contributed by atoms with E-state index in [2.05, 4.69) is 19.6 Å². The van der Waals surface area contributed by atoms with Crippen LogP contribution in [-0.2, 0) is 9.53 Å². The van der Waals surface area contributed by atoms with E-state index < -0.39 is 18.0 Å². The molecule has 1 atom stereocenters. The van der Waals surface area contributed by atoms with E-state index in [4.69, 9.17) is 5.11 Å². The van der Waals surface area contributed by atoms with E-state index in [9.17, 15) is 9.59 Å². The summed E-state index contributed by atoms with van der Waals surface area (Å²) in [6.07, 6.45) is -1.06. The summed E-state index contributed by atoms with van der Waals surface area (Å²) in [6, 6.07) is 0. The lowest BCUT2D eigenvalue weighted by molar-refractivity contribution is -0.148. The zero-order valence-electron chi connectivity index (χ0n) is 7.84. The van der Waals surface area contributed by atoms with Crippen LogP contribution in [-0.4, -0.2) is 46.3 Å². The van der Waals surface area contributed by atoms with Gasteiger partial charge in [0.1, 0.15) is 0 Å². The maximum atomic E-state index is 11.3. The van der Waals surface area contributed by atoms with Crippen molar-refractivity contribution in [3.05, 3.63) is 11.1 Å². The largest absolute Gasteiger partial charge is 0.479 e. The van der Waals surface area contributed by atoms with Gasteiger partial charge in [0.05, 0.1) is 6.54 Å². The first-order valence-corrected chi connectivity index (χ1v) is 4.79. The summed E-state index contributed by atoms with van der Waals surface area (Å²) in [5, 5.41) is 16.0. The molecule has 0 radical (unpaired) electrons. The van der Waals surface area contributed by atoms with E-state index in [0.717, 1.165) is 11.5 Å². The second-order valence-electron chi connectivity index (χ2n) is 2.56. The number of aromatic nitrogens is 2. The molecule has 1 amide bonds. The maximum absolute atomic E-state index is 11.3. The number of carboxylic acids is 1. The Bertz CT molecular complexity index is 340. The van der Waals surface area contributed by atoms with E-state index in [1.165, 1.54) is 12.5 Å². The van der Waals surface area contributed by atoms with Gasteiger partial charge in [-0.1, -0.05) is 4.49 Å². The molecule has 0 fully saturated rings. The van der Waals surface area contributed by atoms with Gasteiger partial charge in [-0.3, -0.25) is 4.79 Å². The number of nitrogens with zero attached hydrogens (tertiary/aromatic N) is 2. The zero-order valence-corrected chi connectivity index (χ0v) is 8.65. The van der Waals surface area contributed by atoms with E-state index in [1.807, 2.05) is 0 Å². The Morgan fingerprint density at radius 3 is 2.93 bits per heavy atom. The Hall–Kier alpha value is -1.54. The highest BCUT2D eigenvalue weighted by Gasteiger charge is 2.18. The summed E-state index contributed by atoms with van der Waals surface area (Å²) in [6.45, 7) is -0.109. The van der Waals surface area contributed by atoms with Gasteiger partial charge in [-0.25, -0.2) is 4.79 Å². The zero-order chi connectivity index (χ0) is 11.3. The number of carboxylic acid groups (broad SMARTS) is 1. The molecule has 15 heavy (non-hydrogen) atoms. The average molecular weight is 231 g/mol. The molecule has 82 valence electrons. The van der Waals surface area contributed by atoms with E-state index in [0.29, 0.717) is 0 Å². The Labute approximate surface area is 89.2 Å². The van der Waals surface area contributed by atoms with Crippen LogP contribution in [0.4, 0.5) is 0 Å². The molecule has 0 spiro atoms. The number of carbonyl (C=O) groups excluding carboxylic acids is 1. The average Bonchev–Trinajstić information content (AvgIpc) is 2.70. The monoisotopic (exact) mass is 231 g/mol. The molecule has 0 aliphatic carbocycles. The summed E-state index contributed by atoms with van der Waals surface area (Å²) < 4.78 is 8.14. The van der Waals surface area contributed by atoms with E-state index >= 15 is 0 Å². The summed E-state index contributed by atoms with van der Waals surface area (Å²) >= 11 is 1.04. The number of methoxy groups -OCH3 is 1. The van der Waals surface area contributed by atoms with Crippen molar-refractivity contribution in [1.29, 1.82) is 0 Å². The molecule has 1 rings (SSSR count). The van der Waals surface area contributed by atoms with Crippen molar-refractivity contribution >= 4 is 23.4 Å². The lowest BCUT2D eigenvalue weighted by atomic mass is 10.3. The van der Waals surface area contributed by atoms with Gasteiger partial charge in [0.25, 0.3) is 5.91 Å². The molecule has 0 aliphatic heterocycles. The van der Waals surface area contributed by atoms with Gasteiger partial charge in [0.2, 0.25) is 0 Å². The van der Waals surface area contributed by atoms with Gasteiger partial charge in [-0.2, -0.15) is 0 Å². The number of nitrogens with one attached hydrogen (secondary N) is 1. The SMILES string of the molecule is COC(CNC(=O)c1csnn1)C(=O)O. The highest BCUT2D eigenvalue weighted by Crippen LogP contribution is 1.96. The van der Waals surface area contributed by atoms with Crippen LogP contribution >= 0.6 is 11.5 Å². The lowest BCUT2D eigenvalue weighted by Gasteiger charge is -2.10. The highest BCUT2D eigenvalue weighted by molar-refractivity contribution is 7.03. The molecule has 2 N–H and O–H groups in total. The van der Waals surface area contributed by atoms with Gasteiger partial charge in [-0.15, -0.1) is 5.10 Å². The van der Waals surface area contributed by atoms with Crippen molar-refractivity contribution in [3.8, 4) is 0 Å². The first kappa shape index (κ1) is 11.5. The third-order valence-electron chi connectivity index (χ3n) is 1.60. The van der Waals surface area contributed by atoms with E-state index in [1.54, 1.807) is 0 Å². The summed E-state index contributed by atoms with van der Waals surface area (Å²) in [5.74, 6) is -1.60. The fourth-order valence-corrected chi connectivity index (χ4v) is 1.25. The summed E-state index contributed by atoms with van der Waals surface area (Å²) in [5.41, 5.74) is 0.167. The summed E-state index contributed by atoms with van der Waals surface area (Å²) in [7, 11) is 1.26. The summed E-state index contributed by atoms with van der Waals surface area (Å²) in [4.78, 5) is 21.8. The third-order valence-corrected chi connectivity index (χ3v) is 2.11. The van der Waals surface area contributed by atoms with Crippen molar-refractivity contribution in [2.24, 2.45) is 0 Å². The Morgan fingerprint density at radius 2 is 2.47 bits per heavy atom. The number of rotatable bonds is 5. The van der Waals surface area contributed by atoms with Crippen LogP contribution < -0.4 is 5.32 Å². The second kappa shape index (κ2) is 5.37. The van der Waals surface area contributed by atoms with Gasteiger partial charge in [-0.05, 0) is 11.5 Å². The Balaban J connectivity index is 2.43. The Kier molecular flexibility index (Phi) is 4.13. The Morgan fingerprint density at radius 1 is 1.73 bits per heavy atom. The number of amides is 1. The predicted molar refractivity (Wildman–Crippen MR) is 50.7 cm³/mol. The van der Waals surface area contributed by atoms with Gasteiger partial charge in [0, 0.05) is 12.5 Å². The molecule has 0 saturated heterocycles. The van der Waals surface area contributed by atoms with Crippen LogP contribution in [0.2, 0.25) is 0 Å². The third kappa shape index (κ3) is 3.26. The van der Waals surface area contributed by atoms with Crippen molar-refractivity contribution < 1.29 is 19.4 Å². The first-order chi connectivity index (χ1) is 7.15. The molecular formula is C7H9N3O4S. The van der Waals surface area contributed by atoms with Gasteiger partial charge < -0.3 is 15.2 Å². The van der Waals surface area contributed by atoms with Crippen LogP contribution in [0, 0.1) is 0 Å². The van der Waals surface area contributed by atoms with Crippen molar-refractivity contribution in [3.63, 3.8) is 0 Å². The molecule has 1 aromatic heterocycles. The van der Waals surface area contributed by atoms with Crippen molar-refractivity contribution in [2.45, 2.75) is 6.10 Å². The van der Waals surface area contributed by atoms with Crippen LogP contribution in [0.1, 0.15) is 10.5 Å². The topological polar surface area (TPSA) is 101 Å². The minimum atomic E-state index is -1.13. The molecule has 0 aromatic carbocycles. The standard InChI is InChI=1S/C7H9N3O4S/c1-14-5(7(12)13)2-8-6(11)4-3-15-10-9-4/h3,5H,2H2,1H3,(H,8,11)(H,12,13). The molecular weight excluding hydrogens is 222 g/mol. The van der Waals surface area contributed by atoms with Crippen LogP contribution in [0.25, 0.3) is 0 Å². The highest BCUT2D eigenvalue weighted by atomic mass is 32.1. The number of hydrogen-bond acceptors (Lipinski definition) is 6. The molecule has 1 aromatic rings. The fraction of sp³-hybridized carbons (Fsp3) is 0.429. The predicted octanol–water partition coefficient (Wildman–Crippen LogP) is -0.633. The molecule has 0 saturated carbocycles. The second-order valence-corrected chi connectivity index (χ2v) is 3.17. The van der Waals surface area contributed by atoms with Gasteiger partial charge >= 0.3 is 5.97 Å². The molecule has 7 nitrogen and oxygen atoms in total. The number of aliphatic carboxylic acids is 1. The smallest absolute Gasteiger partial charge is 0.334 e. The minimum Gasteiger partial charge on any atom is -0.479 e. The van der Waals surface area contributed by atoms with Crippen LogP contribution in [0.15, 0.2) is 5.38 Å². The van der Waals surface area contributed by atoms with Crippen LogP contribution in [0.3, 0.4) is 0 Å². The minimum absolute atomic E-state index is 0.109. The fourth-order valence-electron chi connectivity index (χ4n) is 0.811. The quantitative estimate of drug-likeness (QED) is 0.699. The number of ether oxygens (including phenoxy) is 1. The molecule has 1 heterocycles. The molecule has 8 heteroatoms. The number of hydrogen-bond donors (Lipinski definition) is 2. The first-order valence-electron chi connectivity index (χ1n) is 3.96. The maximum Gasteiger partial charge on any atom is 0.334 e. The lowest BCUT2D eigenvalue weighted by Crippen LogP contribution is -2.37.